The van der Waals surface area contributed by atoms with E-state index in [4.69, 9.17) is 5.14 Å². The van der Waals surface area contributed by atoms with Crippen molar-refractivity contribution in [1.82, 2.24) is 4.98 Å². The van der Waals surface area contributed by atoms with Gasteiger partial charge in [-0.05, 0) is 30.9 Å². The van der Waals surface area contributed by atoms with E-state index in [2.05, 4.69) is 16.4 Å². The summed E-state index contributed by atoms with van der Waals surface area (Å²) in [6, 6.07) is 3.93. The van der Waals surface area contributed by atoms with E-state index in [0.717, 1.165) is 30.8 Å². The van der Waals surface area contributed by atoms with Gasteiger partial charge in [-0.25, -0.2) is 18.5 Å². The molecule has 1 aromatic heterocycles. The molecule has 1 aliphatic carbocycles. The quantitative estimate of drug-likeness (QED) is 0.792. The molecule has 0 radical (unpaired) electrons. The number of primary sulfonamides is 1. The van der Waals surface area contributed by atoms with Gasteiger partial charge in [-0.15, -0.1) is 0 Å². The lowest BCUT2D eigenvalue weighted by molar-refractivity contribution is 0.598. The number of fused-ring (bicyclic) bond motifs is 1. The number of hydrogen-bond donors (Lipinski definition) is 2. The van der Waals surface area contributed by atoms with E-state index in [9.17, 15) is 8.42 Å². The lowest BCUT2D eigenvalue weighted by Gasteiger charge is -2.06. The molecule has 0 amide bonds. The predicted octanol–water partition coefficient (Wildman–Crippen LogP) is 0.271. The molecule has 6 heteroatoms. The van der Waals surface area contributed by atoms with Crippen LogP contribution in [0.4, 0.5) is 5.82 Å². The Morgan fingerprint density at radius 3 is 2.94 bits per heavy atom. The molecule has 0 bridgehead atoms. The van der Waals surface area contributed by atoms with Crippen molar-refractivity contribution in [2.75, 3.05) is 17.6 Å². The third-order valence-corrected chi connectivity index (χ3v) is 3.39. The van der Waals surface area contributed by atoms with Gasteiger partial charge in [0.25, 0.3) is 0 Å². The monoisotopic (exact) mass is 241 g/mol. The van der Waals surface area contributed by atoms with E-state index >= 15 is 0 Å². The maximum atomic E-state index is 10.7. The van der Waals surface area contributed by atoms with Crippen molar-refractivity contribution >= 4 is 15.8 Å². The second kappa shape index (κ2) is 4.39. The van der Waals surface area contributed by atoms with E-state index in [1.165, 1.54) is 5.56 Å². The Kier molecular flexibility index (Phi) is 3.11. The Balaban J connectivity index is 1.95. The van der Waals surface area contributed by atoms with Gasteiger partial charge in [-0.3, -0.25) is 0 Å². The summed E-state index contributed by atoms with van der Waals surface area (Å²) in [6.07, 6.45) is 3.27. The summed E-state index contributed by atoms with van der Waals surface area (Å²) in [6.45, 7) is 0.296. The number of aryl methyl sites for hydroxylation is 2. The molecule has 2 rings (SSSR count). The molecular weight excluding hydrogens is 226 g/mol. The summed E-state index contributed by atoms with van der Waals surface area (Å²) in [5.41, 5.74) is 2.43. The summed E-state index contributed by atoms with van der Waals surface area (Å²) in [4.78, 5) is 4.43. The van der Waals surface area contributed by atoms with Crippen LogP contribution in [0.3, 0.4) is 0 Å². The molecule has 5 nitrogen and oxygen atoms in total. The van der Waals surface area contributed by atoms with Gasteiger partial charge in [0.15, 0.2) is 0 Å². The number of aromatic nitrogens is 1. The van der Waals surface area contributed by atoms with Gasteiger partial charge in [-0.1, -0.05) is 6.07 Å². The fourth-order valence-electron chi connectivity index (χ4n) is 1.84. The number of rotatable bonds is 4. The van der Waals surface area contributed by atoms with Gasteiger partial charge in [0.2, 0.25) is 10.0 Å². The summed E-state index contributed by atoms with van der Waals surface area (Å²) >= 11 is 0. The van der Waals surface area contributed by atoms with Crippen molar-refractivity contribution in [2.24, 2.45) is 5.14 Å². The topological polar surface area (TPSA) is 85.1 Å². The maximum Gasteiger partial charge on any atom is 0.210 e. The predicted molar refractivity (Wildman–Crippen MR) is 62.7 cm³/mol. The molecule has 0 saturated carbocycles. The van der Waals surface area contributed by atoms with Gasteiger partial charge >= 0.3 is 0 Å². The van der Waals surface area contributed by atoms with Crippen LogP contribution in [0.1, 0.15) is 17.7 Å². The molecule has 3 N–H and O–H groups in total. The highest BCUT2D eigenvalue weighted by Crippen LogP contribution is 2.21. The van der Waals surface area contributed by atoms with Crippen LogP contribution in [-0.4, -0.2) is 25.7 Å². The molecule has 1 aliphatic rings. The average Bonchev–Trinajstić information content (AvgIpc) is 2.62. The number of nitrogens with zero attached hydrogens (tertiary/aromatic N) is 1. The van der Waals surface area contributed by atoms with Gasteiger partial charge in [0.1, 0.15) is 5.82 Å². The maximum absolute atomic E-state index is 10.7. The molecule has 0 saturated heterocycles. The molecule has 16 heavy (non-hydrogen) atoms. The molecule has 0 unspecified atom stereocenters. The highest BCUT2D eigenvalue weighted by Gasteiger charge is 2.12. The van der Waals surface area contributed by atoms with Crippen LogP contribution in [0, 0.1) is 0 Å². The zero-order chi connectivity index (χ0) is 11.6. The van der Waals surface area contributed by atoms with Crippen LogP contribution < -0.4 is 10.5 Å². The van der Waals surface area contributed by atoms with Crippen molar-refractivity contribution in [1.29, 1.82) is 0 Å². The minimum Gasteiger partial charge on any atom is -0.369 e. The van der Waals surface area contributed by atoms with Crippen molar-refractivity contribution in [3.8, 4) is 0 Å². The Bertz CT molecular complexity index is 485. The highest BCUT2D eigenvalue weighted by atomic mass is 32.2. The van der Waals surface area contributed by atoms with Crippen LogP contribution in [0.5, 0.6) is 0 Å². The minimum absolute atomic E-state index is 0.0776. The molecule has 1 aromatic rings. The lowest BCUT2D eigenvalue weighted by Crippen LogP contribution is -2.22. The molecule has 0 aromatic carbocycles. The van der Waals surface area contributed by atoms with Gasteiger partial charge in [0.05, 0.1) is 5.75 Å². The van der Waals surface area contributed by atoms with E-state index < -0.39 is 10.0 Å². The molecular formula is C10H15N3O2S. The molecule has 0 aliphatic heterocycles. The Labute approximate surface area is 95.1 Å². The second-order valence-electron chi connectivity index (χ2n) is 3.95. The van der Waals surface area contributed by atoms with Crippen molar-refractivity contribution in [3.63, 3.8) is 0 Å². The van der Waals surface area contributed by atoms with Crippen LogP contribution in [0.25, 0.3) is 0 Å². The smallest absolute Gasteiger partial charge is 0.210 e. The number of pyridine rings is 1. The third kappa shape index (κ3) is 2.93. The van der Waals surface area contributed by atoms with Gasteiger partial charge in [-0.2, -0.15) is 0 Å². The number of hydrogen-bond acceptors (Lipinski definition) is 4. The number of sulfonamides is 1. The second-order valence-corrected chi connectivity index (χ2v) is 5.68. The standard InChI is InChI=1S/C10H15N3O2S/c11-16(14,15)7-6-12-10-5-4-8-2-1-3-9(8)13-10/h4-5H,1-3,6-7H2,(H,12,13)(H2,11,14,15). The van der Waals surface area contributed by atoms with Crippen LogP contribution >= 0.6 is 0 Å². The zero-order valence-electron chi connectivity index (χ0n) is 8.94. The number of nitrogens with one attached hydrogen (secondary N) is 1. The van der Waals surface area contributed by atoms with E-state index in [1.807, 2.05) is 6.07 Å². The van der Waals surface area contributed by atoms with Crippen molar-refractivity contribution in [3.05, 3.63) is 23.4 Å². The third-order valence-electron chi connectivity index (χ3n) is 2.62. The average molecular weight is 241 g/mol. The van der Waals surface area contributed by atoms with Gasteiger partial charge in [0, 0.05) is 12.2 Å². The lowest BCUT2D eigenvalue weighted by atomic mass is 10.2. The highest BCUT2D eigenvalue weighted by molar-refractivity contribution is 7.89. The summed E-state index contributed by atoms with van der Waals surface area (Å²) in [5.74, 6) is 0.649. The van der Waals surface area contributed by atoms with Gasteiger partial charge < -0.3 is 5.32 Å². The molecule has 0 spiro atoms. The SMILES string of the molecule is NS(=O)(=O)CCNc1ccc2c(n1)CCC2. The molecule has 1 heterocycles. The first kappa shape index (κ1) is 11.3. The fourth-order valence-corrected chi connectivity index (χ4v) is 2.23. The molecule has 0 fully saturated rings. The van der Waals surface area contributed by atoms with E-state index in [0.29, 0.717) is 6.54 Å². The van der Waals surface area contributed by atoms with E-state index in [-0.39, 0.29) is 5.75 Å². The molecule has 88 valence electrons. The van der Waals surface area contributed by atoms with Crippen LogP contribution in [0.15, 0.2) is 12.1 Å². The normalized spacial score (nSPS) is 14.8. The Morgan fingerprint density at radius 2 is 2.19 bits per heavy atom. The zero-order valence-corrected chi connectivity index (χ0v) is 9.76. The first-order valence-corrected chi connectivity index (χ1v) is 6.99. The van der Waals surface area contributed by atoms with Crippen molar-refractivity contribution in [2.45, 2.75) is 19.3 Å². The Hall–Kier alpha value is -1.14. The van der Waals surface area contributed by atoms with Crippen LogP contribution in [0.2, 0.25) is 0 Å². The fraction of sp³-hybridized carbons (Fsp3) is 0.500. The minimum atomic E-state index is -3.40. The summed E-state index contributed by atoms with van der Waals surface area (Å²) < 4.78 is 21.5. The van der Waals surface area contributed by atoms with Crippen LogP contribution in [-0.2, 0) is 22.9 Å². The Morgan fingerprint density at radius 1 is 1.38 bits per heavy atom. The first-order chi connectivity index (χ1) is 7.54. The summed E-state index contributed by atoms with van der Waals surface area (Å²) in [5, 5.41) is 7.86. The van der Waals surface area contributed by atoms with E-state index in [1.54, 1.807) is 0 Å². The number of nitrogens with two attached hydrogens (primary N) is 1. The first-order valence-electron chi connectivity index (χ1n) is 5.28. The largest absolute Gasteiger partial charge is 0.369 e. The number of anilines is 1. The molecule has 0 atom stereocenters. The summed E-state index contributed by atoms with van der Waals surface area (Å²) in [7, 11) is -3.40. The van der Waals surface area contributed by atoms with Crippen molar-refractivity contribution < 1.29 is 8.42 Å².